The van der Waals surface area contributed by atoms with Crippen LogP contribution in [-0.2, 0) is 0 Å². The van der Waals surface area contributed by atoms with Crippen LogP contribution >= 0.6 is 0 Å². The number of hydrogen-bond acceptors (Lipinski definition) is 3. The number of hydrogen-bond donors (Lipinski definition) is 1. The van der Waals surface area contributed by atoms with Gasteiger partial charge in [-0.2, -0.15) is 0 Å². The predicted octanol–water partition coefficient (Wildman–Crippen LogP) is 1.80. The molecule has 1 N–H and O–H groups in total. The fourth-order valence-corrected chi connectivity index (χ4v) is 2.24. The zero-order valence-corrected chi connectivity index (χ0v) is 9.78. The van der Waals surface area contributed by atoms with Crippen molar-refractivity contribution in [3.8, 4) is 0 Å². The monoisotopic (exact) mass is 243 g/mol. The maximum Gasteiger partial charge on any atom is 0.356 e. The Bertz CT molecular complexity index is 630. The number of pyridine rings is 1. The third kappa shape index (κ3) is 1.64. The standard InChI is InChI=1S/C13H13N3O2/c17-13(18)11-12(15-7-3-1-4-8-15)14-10-6-2-5-9-16(10)11/h1-3,5-6,9H,4,7-8H2,(H,17,18). The van der Waals surface area contributed by atoms with Crippen molar-refractivity contribution in [3.63, 3.8) is 0 Å². The van der Waals surface area contributed by atoms with E-state index in [4.69, 9.17) is 0 Å². The van der Waals surface area contributed by atoms with Crippen molar-refractivity contribution in [2.45, 2.75) is 6.42 Å². The molecule has 92 valence electrons. The summed E-state index contributed by atoms with van der Waals surface area (Å²) in [5, 5.41) is 9.38. The molecule has 1 aliphatic heterocycles. The zero-order valence-electron chi connectivity index (χ0n) is 9.78. The highest BCUT2D eigenvalue weighted by Crippen LogP contribution is 2.23. The molecule has 5 heteroatoms. The summed E-state index contributed by atoms with van der Waals surface area (Å²) in [7, 11) is 0. The minimum absolute atomic E-state index is 0.237. The lowest BCUT2D eigenvalue weighted by Gasteiger charge is -2.23. The van der Waals surface area contributed by atoms with Gasteiger partial charge in [0.15, 0.2) is 11.5 Å². The van der Waals surface area contributed by atoms with Crippen molar-refractivity contribution >= 4 is 17.4 Å². The van der Waals surface area contributed by atoms with E-state index in [1.54, 1.807) is 16.7 Å². The minimum Gasteiger partial charge on any atom is -0.476 e. The van der Waals surface area contributed by atoms with Gasteiger partial charge in [0.1, 0.15) is 5.65 Å². The first-order chi connectivity index (χ1) is 8.77. The lowest BCUT2D eigenvalue weighted by atomic mass is 10.2. The van der Waals surface area contributed by atoms with Gasteiger partial charge in [0.2, 0.25) is 0 Å². The van der Waals surface area contributed by atoms with Crippen molar-refractivity contribution in [1.29, 1.82) is 0 Å². The number of anilines is 1. The molecule has 0 fully saturated rings. The SMILES string of the molecule is O=C(O)c1c(N2CC=CCC2)nc2ccccn12. The molecule has 2 aromatic rings. The molecule has 3 heterocycles. The lowest BCUT2D eigenvalue weighted by Crippen LogP contribution is -2.28. The average molecular weight is 243 g/mol. The van der Waals surface area contributed by atoms with E-state index in [0.29, 0.717) is 18.0 Å². The highest BCUT2D eigenvalue weighted by atomic mass is 16.4. The van der Waals surface area contributed by atoms with Crippen LogP contribution in [0.15, 0.2) is 36.5 Å². The number of rotatable bonds is 2. The van der Waals surface area contributed by atoms with Crippen LogP contribution in [0.1, 0.15) is 16.9 Å². The van der Waals surface area contributed by atoms with Crippen LogP contribution in [0.4, 0.5) is 5.82 Å². The second kappa shape index (κ2) is 4.18. The van der Waals surface area contributed by atoms with E-state index in [0.717, 1.165) is 13.0 Å². The van der Waals surface area contributed by atoms with Crippen LogP contribution in [0.3, 0.4) is 0 Å². The summed E-state index contributed by atoms with van der Waals surface area (Å²) in [6.45, 7) is 1.52. The van der Waals surface area contributed by atoms with Crippen molar-refractivity contribution in [1.82, 2.24) is 9.38 Å². The van der Waals surface area contributed by atoms with Gasteiger partial charge in [0, 0.05) is 19.3 Å². The molecule has 0 atom stereocenters. The molecule has 0 aromatic carbocycles. The number of aromatic carboxylic acids is 1. The quantitative estimate of drug-likeness (QED) is 0.817. The van der Waals surface area contributed by atoms with Gasteiger partial charge in [-0.25, -0.2) is 9.78 Å². The zero-order chi connectivity index (χ0) is 12.5. The normalized spacial score (nSPS) is 15.2. The van der Waals surface area contributed by atoms with Gasteiger partial charge in [-0.15, -0.1) is 0 Å². The Morgan fingerprint density at radius 3 is 2.94 bits per heavy atom. The van der Waals surface area contributed by atoms with Crippen LogP contribution in [-0.4, -0.2) is 33.6 Å². The molecule has 5 nitrogen and oxygen atoms in total. The summed E-state index contributed by atoms with van der Waals surface area (Å²) in [5.41, 5.74) is 0.903. The Morgan fingerprint density at radius 2 is 2.22 bits per heavy atom. The summed E-state index contributed by atoms with van der Waals surface area (Å²) in [6, 6.07) is 5.48. The average Bonchev–Trinajstić information content (AvgIpc) is 2.79. The van der Waals surface area contributed by atoms with Gasteiger partial charge in [0.05, 0.1) is 0 Å². The Hall–Kier alpha value is -2.30. The molecule has 3 rings (SSSR count). The number of carboxylic acids is 1. The fraction of sp³-hybridized carbons (Fsp3) is 0.231. The van der Waals surface area contributed by atoms with Gasteiger partial charge in [-0.3, -0.25) is 4.40 Å². The van der Waals surface area contributed by atoms with Crippen LogP contribution in [0.2, 0.25) is 0 Å². The third-order valence-corrected chi connectivity index (χ3v) is 3.07. The Kier molecular flexibility index (Phi) is 2.51. The second-order valence-electron chi connectivity index (χ2n) is 4.22. The largest absolute Gasteiger partial charge is 0.476 e. The topological polar surface area (TPSA) is 57.8 Å². The summed E-state index contributed by atoms with van der Waals surface area (Å²) in [4.78, 5) is 17.9. The van der Waals surface area contributed by atoms with E-state index in [-0.39, 0.29) is 5.69 Å². The van der Waals surface area contributed by atoms with Crippen LogP contribution in [0.5, 0.6) is 0 Å². The number of fused-ring (bicyclic) bond motifs is 1. The van der Waals surface area contributed by atoms with Crippen molar-refractivity contribution in [3.05, 3.63) is 42.2 Å². The first-order valence-electron chi connectivity index (χ1n) is 5.87. The molecule has 0 amide bonds. The Morgan fingerprint density at radius 1 is 1.33 bits per heavy atom. The highest BCUT2D eigenvalue weighted by Gasteiger charge is 2.22. The molecule has 0 saturated heterocycles. The molecule has 1 aliphatic rings. The third-order valence-electron chi connectivity index (χ3n) is 3.07. The number of nitrogens with zero attached hydrogens (tertiary/aromatic N) is 3. The second-order valence-corrected chi connectivity index (χ2v) is 4.22. The van der Waals surface area contributed by atoms with Gasteiger partial charge in [-0.05, 0) is 18.6 Å². The van der Waals surface area contributed by atoms with Crippen LogP contribution in [0, 0.1) is 0 Å². The molecule has 0 unspecified atom stereocenters. The summed E-state index contributed by atoms with van der Waals surface area (Å²) in [6.07, 6.45) is 6.80. The molecule has 0 bridgehead atoms. The summed E-state index contributed by atoms with van der Waals surface area (Å²) < 4.78 is 1.62. The maximum atomic E-state index is 11.4. The first kappa shape index (κ1) is 10.8. The van der Waals surface area contributed by atoms with E-state index >= 15 is 0 Å². The Balaban J connectivity index is 2.18. The molecule has 18 heavy (non-hydrogen) atoms. The van der Waals surface area contributed by atoms with Gasteiger partial charge >= 0.3 is 5.97 Å². The van der Waals surface area contributed by atoms with Gasteiger partial charge in [0.25, 0.3) is 0 Å². The van der Waals surface area contributed by atoms with Gasteiger partial charge < -0.3 is 10.0 Å². The van der Waals surface area contributed by atoms with E-state index < -0.39 is 5.97 Å². The van der Waals surface area contributed by atoms with E-state index in [9.17, 15) is 9.90 Å². The van der Waals surface area contributed by atoms with E-state index in [1.807, 2.05) is 23.1 Å². The van der Waals surface area contributed by atoms with Crippen LogP contribution < -0.4 is 4.90 Å². The molecule has 0 spiro atoms. The van der Waals surface area contributed by atoms with Crippen molar-refractivity contribution in [2.75, 3.05) is 18.0 Å². The molecule has 0 aliphatic carbocycles. The number of carbonyl (C=O) groups is 1. The first-order valence-corrected chi connectivity index (χ1v) is 5.87. The van der Waals surface area contributed by atoms with Crippen molar-refractivity contribution in [2.24, 2.45) is 0 Å². The van der Waals surface area contributed by atoms with E-state index in [2.05, 4.69) is 11.1 Å². The number of imidazole rings is 1. The molecular weight excluding hydrogens is 230 g/mol. The number of carboxylic acid groups (broad SMARTS) is 1. The summed E-state index contributed by atoms with van der Waals surface area (Å²) in [5.74, 6) is -0.392. The minimum atomic E-state index is -0.946. The number of aromatic nitrogens is 2. The maximum absolute atomic E-state index is 11.4. The smallest absolute Gasteiger partial charge is 0.356 e. The molecule has 2 aromatic heterocycles. The fourth-order valence-electron chi connectivity index (χ4n) is 2.24. The molecular formula is C13H13N3O2. The summed E-state index contributed by atoms with van der Waals surface area (Å²) >= 11 is 0. The molecule has 0 radical (unpaired) electrons. The van der Waals surface area contributed by atoms with E-state index in [1.165, 1.54) is 0 Å². The van der Waals surface area contributed by atoms with Crippen LogP contribution in [0.25, 0.3) is 5.65 Å². The van der Waals surface area contributed by atoms with Crippen molar-refractivity contribution < 1.29 is 9.90 Å². The van der Waals surface area contributed by atoms with Gasteiger partial charge in [-0.1, -0.05) is 18.2 Å². The molecule has 0 saturated carbocycles. The lowest BCUT2D eigenvalue weighted by molar-refractivity contribution is 0.0690. The Labute approximate surface area is 104 Å². The highest BCUT2D eigenvalue weighted by molar-refractivity contribution is 5.93. The predicted molar refractivity (Wildman–Crippen MR) is 68.1 cm³/mol.